The van der Waals surface area contributed by atoms with Crippen molar-refractivity contribution in [2.24, 2.45) is 5.41 Å². The number of H-pyrrole nitrogens is 1. The molecule has 1 aliphatic rings. The van der Waals surface area contributed by atoms with Gasteiger partial charge in [-0.2, -0.15) is 10.2 Å². The van der Waals surface area contributed by atoms with Gasteiger partial charge in [0.2, 0.25) is 5.95 Å². The molecule has 1 fully saturated rings. The normalized spacial score (nSPS) is 20.0. The molecule has 8 heteroatoms. The highest BCUT2D eigenvalue weighted by molar-refractivity contribution is 5.88. The number of aromatic nitrogens is 3. The van der Waals surface area contributed by atoms with Gasteiger partial charge in [0, 0.05) is 24.2 Å². The van der Waals surface area contributed by atoms with Crippen LogP contribution in [0.5, 0.6) is 5.75 Å². The third kappa shape index (κ3) is 4.48. The number of para-hydroxylation sites is 1. The molecular weight excluding hydrogens is 404 g/mol. The van der Waals surface area contributed by atoms with E-state index in [4.69, 9.17) is 4.74 Å². The number of benzene rings is 1. The van der Waals surface area contributed by atoms with E-state index in [1.807, 2.05) is 18.3 Å². The molecule has 0 spiro atoms. The van der Waals surface area contributed by atoms with Crippen molar-refractivity contribution in [2.45, 2.75) is 51.7 Å². The minimum atomic E-state index is -0.303. The summed E-state index contributed by atoms with van der Waals surface area (Å²) in [6, 6.07) is 8.33. The number of nitrogens with zero attached hydrogens (tertiary/aromatic N) is 3. The van der Waals surface area contributed by atoms with Gasteiger partial charge in [-0.1, -0.05) is 26.0 Å². The van der Waals surface area contributed by atoms with E-state index in [9.17, 15) is 10.4 Å². The summed E-state index contributed by atoms with van der Waals surface area (Å²) in [5.41, 5.74) is 2.43. The second-order valence-corrected chi connectivity index (χ2v) is 9.07. The summed E-state index contributed by atoms with van der Waals surface area (Å²) in [6.07, 6.45) is 6.43. The second kappa shape index (κ2) is 9.05. The van der Waals surface area contributed by atoms with E-state index < -0.39 is 0 Å². The van der Waals surface area contributed by atoms with Gasteiger partial charge >= 0.3 is 0 Å². The minimum absolute atomic E-state index is 0.157. The molecule has 0 radical (unpaired) electrons. The molecule has 3 aromatic rings. The molecule has 4 N–H and O–H groups in total. The van der Waals surface area contributed by atoms with Gasteiger partial charge in [-0.25, -0.2) is 4.98 Å². The van der Waals surface area contributed by atoms with Gasteiger partial charge in [-0.05, 0) is 42.7 Å². The molecule has 0 aliphatic heterocycles. The van der Waals surface area contributed by atoms with Crippen LogP contribution >= 0.6 is 0 Å². The number of methoxy groups -OCH3 is 1. The number of nitrogens with one attached hydrogen (secondary N) is 3. The molecule has 1 aromatic carbocycles. The first-order valence-electron chi connectivity index (χ1n) is 11.0. The molecule has 0 bridgehead atoms. The van der Waals surface area contributed by atoms with Crippen molar-refractivity contribution >= 4 is 22.7 Å². The van der Waals surface area contributed by atoms with Crippen LogP contribution in [0.25, 0.3) is 10.9 Å². The molecule has 168 valence electrons. The van der Waals surface area contributed by atoms with Crippen molar-refractivity contribution in [1.29, 1.82) is 5.26 Å². The Morgan fingerprint density at radius 1 is 1.34 bits per heavy atom. The number of hydrogen-bond acceptors (Lipinski definition) is 7. The predicted octanol–water partition coefficient (Wildman–Crippen LogP) is 3.84. The molecule has 2 atom stereocenters. The Morgan fingerprint density at radius 3 is 2.94 bits per heavy atom. The largest absolute Gasteiger partial charge is 0.495 e. The fourth-order valence-corrected chi connectivity index (χ4v) is 4.47. The topological polar surface area (TPSA) is 119 Å². The maximum Gasteiger partial charge on any atom is 0.224 e. The van der Waals surface area contributed by atoms with E-state index in [2.05, 4.69) is 51.6 Å². The quantitative estimate of drug-likeness (QED) is 0.446. The highest BCUT2D eigenvalue weighted by atomic mass is 16.5. The van der Waals surface area contributed by atoms with Crippen molar-refractivity contribution in [2.75, 3.05) is 24.3 Å². The highest BCUT2D eigenvalue weighted by Gasteiger charge is 2.35. The average Bonchev–Trinajstić information content (AvgIpc) is 3.19. The van der Waals surface area contributed by atoms with Gasteiger partial charge in [0.25, 0.3) is 0 Å². The second-order valence-electron chi connectivity index (χ2n) is 9.07. The summed E-state index contributed by atoms with van der Waals surface area (Å²) < 4.78 is 5.42. The summed E-state index contributed by atoms with van der Waals surface area (Å²) in [7, 11) is 1.67. The van der Waals surface area contributed by atoms with Gasteiger partial charge in [-0.15, -0.1) is 0 Å². The first-order valence-corrected chi connectivity index (χ1v) is 11.0. The number of fused-ring (bicyclic) bond motifs is 1. The number of rotatable bonds is 7. The summed E-state index contributed by atoms with van der Waals surface area (Å²) in [5.74, 6) is 1.85. The molecule has 0 amide bonds. The maximum atomic E-state index is 10.2. The number of anilines is 2. The lowest BCUT2D eigenvalue weighted by Gasteiger charge is -2.40. The molecule has 4 rings (SSSR count). The standard InChI is InChI=1S/C24H30N6O2/c1-24(2)11-17(7-8-20(24)31)29-22-16(12-25)14-28-23(30-22)26-10-9-15-13-27-21-18(15)5-4-6-19(21)32-3/h4-6,13-14,17,20,27,31H,7-11H2,1-3H3,(H2,26,28,29,30)/t17-,20+/m1/s1. The Balaban J connectivity index is 1.42. The van der Waals surface area contributed by atoms with E-state index in [0.29, 0.717) is 23.9 Å². The molecule has 0 saturated heterocycles. The molecule has 8 nitrogen and oxygen atoms in total. The number of nitriles is 1. The smallest absolute Gasteiger partial charge is 0.224 e. The molecule has 1 saturated carbocycles. The Hall–Kier alpha value is -3.31. The van der Waals surface area contributed by atoms with Gasteiger partial charge in [-0.3, -0.25) is 0 Å². The number of aliphatic hydroxyl groups is 1. The SMILES string of the molecule is COc1cccc2c(CCNc3ncc(C#N)c(N[C@@H]4CC[C@H](O)C(C)(C)C4)n3)c[nH]c12. The van der Waals surface area contributed by atoms with Crippen LogP contribution in [-0.2, 0) is 6.42 Å². The number of aromatic amines is 1. The van der Waals surface area contributed by atoms with Gasteiger partial charge in [0.15, 0.2) is 0 Å². The molecule has 0 unspecified atom stereocenters. The number of aliphatic hydroxyl groups excluding tert-OH is 1. The van der Waals surface area contributed by atoms with E-state index >= 15 is 0 Å². The summed E-state index contributed by atoms with van der Waals surface area (Å²) in [4.78, 5) is 12.2. The van der Waals surface area contributed by atoms with Crippen LogP contribution in [0, 0.1) is 16.7 Å². The average molecular weight is 435 g/mol. The lowest BCUT2D eigenvalue weighted by molar-refractivity contribution is 0.00926. The fourth-order valence-electron chi connectivity index (χ4n) is 4.47. The summed E-state index contributed by atoms with van der Waals surface area (Å²) in [5, 5.41) is 27.5. The third-order valence-corrected chi connectivity index (χ3v) is 6.37. The van der Waals surface area contributed by atoms with Crippen molar-refractivity contribution in [3.8, 4) is 11.8 Å². The maximum absolute atomic E-state index is 10.2. The number of ether oxygens (including phenoxy) is 1. The zero-order valence-corrected chi connectivity index (χ0v) is 18.8. The predicted molar refractivity (Wildman–Crippen MR) is 125 cm³/mol. The lowest BCUT2D eigenvalue weighted by Crippen LogP contribution is -2.41. The zero-order valence-electron chi connectivity index (χ0n) is 18.8. The summed E-state index contributed by atoms with van der Waals surface area (Å²) >= 11 is 0. The van der Waals surface area contributed by atoms with Crippen molar-refractivity contribution in [3.05, 3.63) is 41.7 Å². The van der Waals surface area contributed by atoms with Crippen LogP contribution in [0.15, 0.2) is 30.6 Å². The zero-order chi connectivity index (χ0) is 22.7. The van der Waals surface area contributed by atoms with Crippen LogP contribution < -0.4 is 15.4 Å². The first kappa shape index (κ1) is 21.9. The molecular formula is C24H30N6O2. The van der Waals surface area contributed by atoms with Crippen molar-refractivity contribution in [3.63, 3.8) is 0 Å². The molecule has 32 heavy (non-hydrogen) atoms. The van der Waals surface area contributed by atoms with E-state index in [1.165, 1.54) is 5.56 Å². The Kier molecular flexibility index (Phi) is 6.19. The Morgan fingerprint density at radius 2 is 2.19 bits per heavy atom. The van der Waals surface area contributed by atoms with Gasteiger partial charge < -0.3 is 25.5 Å². The molecule has 2 aromatic heterocycles. The van der Waals surface area contributed by atoms with Gasteiger partial charge in [0.1, 0.15) is 23.2 Å². The van der Waals surface area contributed by atoms with E-state index in [-0.39, 0.29) is 17.6 Å². The van der Waals surface area contributed by atoms with Crippen LogP contribution in [0.1, 0.15) is 44.2 Å². The van der Waals surface area contributed by atoms with Crippen LogP contribution in [0.4, 0.5) is 11.8 Å². The Labute approximate surface area is 188 Å². The third-order valence-electron chi connectivity index (χ3n) is 6.37. The van der Waals surface area contributed by atoms with Crippen LogP contribution in [0.2, 0.25) is 0 Å². The fraction of sp³-hybridized carbons (Fsp3) is 0.458. The highest BCUT2D eigenvalue weighted by Crippen LogP contribution is 2.37. The van der Waals surface area contributed by atoms with Crippen molar-refractivity contribution in [1.82, 2.24) is 15.0 Å². The summed E-state index contributed by atoms with van der Waals surface area (Å²) in [6.45, 7) is 4.80. The van der Waals surface area contributed by atoms with Crippen molar-refractivity contribution < 1.29 is 9.84 Å². The lowest BCUT2D eigenvalue weighted by atomic mass is 9.73. The van der Waals surface area contributed by atoms with E-state index in [0.717, 1.165) is 42.3 Å². The van der Waals surface area contributed by atoms with Gasteiger partial charge in [0.05, 0.1) is 24.9 Å². The first-order chi connectivity index (χ1) is 15.4. The number of hydrogen-bond donors (Lipinski definition) is 4. The molecule has 1 aliphatic carbocycles. The Bertz CT molecular complexity index is 1130. The monoisotopic (exact) mass is 434 g/mol. The van der Waals surface area contributed by atoms with Crippen LogP contribution in [-0.4, -0.2) is 45.9 Å². The van der Waals surface area contributed by atoms with E-state index in [1.54, 1.807) is 13.3 Å². The molecule has 2 heterocycles. The van der Waals surface area contributed by atoms with Crippen LogP contribution in [0.3, 0.4) is 0 Å². The minimum Gasteiger partial charge on any atom is -0.495 e.